The van der Waals surface area contributed by atoms with Crippen molar-refractivity contribution in [3.8, 4) is 0 Å². The topological polar surface area (TPSA) is 102 Å². The van der Waals surface area contributed by atoms with Crippen LogP contribution in [0.3, 0.4) is 0 Å². The first-order valence-electron chi connectivity index (χ1n) is 8.54. The highest BCUT2D eigenvalue weighted by Crippen LogP contribution is 2.31. The first-order chi connectivity index (χ1) is 12.0. The predicted molar refractivity (Wildman–Crippen MR) is 96.6 cm³/mol. The first kappa shape index (κ1) is 19.8. The van der Waals surface area contributed by atoms with E-state index in [1.807, 2.05) is 30.3 Å². The second-order valence-corrected chi connectivity index (χ2v) is 8.08. The van der Waals surface area contributed by atoms with E-state index < -0.39 is 10.0 Å². The van der Waals surface area contributed by atoms with Crippen LogP contribution in [0.1, 0.15) is 18.4 Å². The largest absolute Gasteiger partial charge is 0.381 e. The summed E-state index contributed by atoms with van der Waals surface area (Å²) < 4.78 is 31.1. The number of sulfonamides is 1. The van der Waals surface area contributed by atoms with Gasteiger partial charge in [0.05, 0.1) is 18.9 Å². The Morgan fingerprint density at radius 1 is 1.32 bits per heavy atom. The Balaban J connectivity index is 1.90. The zero-order valence-electron chi connectivity index (χ0n) is 14.6. The van der Waals surface area contributed by atoms with Gasteiger partial charge in [0.1, 0.15) is 0 Å². The molecule has 0 unspecified atom stereocenters. The number of hydrogen-bond acceptors (Lipinski definition) is 5. The molecule has 0 bridgehead atoms. The number of benzene rings is 1. The van der Waals surface area contributed by atoms with Gasteiger partial charge in [-0.25, -0.2) is 13.1 Å². The minimum Gasteiger partial charge on any atom is -0.381 e. The minimum absolute atomic E-state index is 0.120. The number of amides is 1. The summed E-state index contributed by atoms with van der Waals surface area (Å²) in [6.07, 6.45) is 0. The van der Waals surface area contributed by atoms with Crippen LogP contribution in [0.2, 0.25) is 0 Å². The molecule has 3 N–H and O–H groups in total. The lowest BCUT2D eigenvalue weighted by Crippen LogP contribution is -2.40. The Bertz CT molecular complexity index is 651. The molecule has 1 aromatic carbocycles. The normalized spacial score (nSPS) is 20.8. The first-order valence-corrected chi connectivity index (χ1v) is 10.2. The number of nitrogens with two attached hydrogens (primary N) is 1. The second kappa shape index (κ2) is 9.28. The summed E-state index contributed by atoms with van der Waals surface area (Å²) >= 11 is 0. The van der Waals surface area contributed by atoms with Gasteiger partial charge >= 0.3 is 0 Å². The lowest BCUT2D eigenvalue weighted by atomic mass is 9.89. The fourth-order valence-electron chi connectivity index (χ4n) is 3.06. The highest BCUT2D eigenvalue weighted by Gasteiger charge is 2.35. The molecule has 1 aliphatic rings. The van der Waals surface area contributed by atoms with Crippen molar-refractivity contribution < 1.29 is 17.9 Å². The van der Waals surface area contributed by atoms with Crippen LogP contribution in [0, 0.1) is 5.92 Å². The highest BCUT2D eigenvalue weighted by molar-refractivity contribution is 7.89. The lowest BCUT2D eigenvalue weighted by Gasteiger charge is -2.17. The van der Waals surface area contributed by atoms with Crippen molar-refractivity contribution in [2.24, 2.45) is 11.7 Å². The van der Waals surface area contributed by atoms with Gasteiger partial charge in [0.2, 0.25) is 15.9 Å². The van der Waals surface area contributed by atoms with Gasteiger partial charge in [0, 0.05) is 25.6 Å². The number of carbonyl (C=O) groups excluding carboxylic acids is 1. The van der Waals surface area contributed by atoms with E-state index in [1.165, 1.54) is 0 Å². The number of rotatable bonds is 9. The van der Waals surface area contributed by atoms with Gasteiger partial charge < -0.3 is 15.4 Å². The van der Waals surface area contributed by atoms with Gasteiger partial charge in [-0.2, -0.15) is 0 Å². The predicted octanol–water partition coefficient (Wildman–Crippen LogP) is 0.143. The molecule has 0 aromatic heterocycles. The van der Waals surface area contributed by atoms with Crippen molar-refractivity contribution >= 4 is 15.9 Å². The second-order valence-electron chi connectivity index (χ2n) is 6.15. The molecule has 140 valence electrons. The average molecular weight is 369 g/mol. The molecule has 8 heteroatoms. The molecular formula is C17H27N3O4S. The van der Waals surface area contributed by atoms with Crippen LogP contribution in [0.5, 0.6) is 0 Å². The number of hydrogen-bond donors (Lipinski definition) is 2. The van der Waals surface area contributed by atoms with E-state index in [0.717, 1.165) is 5.56 Å². The Morgan fingerprint density at radius 2 is 2.04 bits per heavy atom. The van der Waals surface area contributed by atoms with Crippen LogP contribution in [-0.4, -0.2) is 64.4 Å². The van der Waals surface area contributed by atoms with E-state index in [4.69, 9.17) is 10.5 Å². The van der Waals surface area contributed by atoms with Crippen molar-refractivity contribution in [1.82, 2.24) is 9.62 Å². The lowest BCUT2D eigenvalue weighted by molar-refractivity contribution is -0.129. The quantitative estimate of drug-likeness (QED) is 0.603. The molecule has 2 rings (SSSR count). The van der Waals surface area contributed by atoms with E-state index >= 15 is 0 Å². The maximum atomic E-state index is 12.4. The molecule has 1 saturated heterocycles. The summed E-state index contributed by atoms with van der Waals surface area (Å²) in [7, 11) is -3.51. The van der Waals surface area contributed by atoms with Crippen molar-refractivity contribution in [2.75, 3.05) is 45.1 Å². The smallest absolute Gasteiger partial charge is 0.237 e. The zero-order valence-corrected chi connectivity index (χ0v) is 15.4. The summed E-state index contributed by atoms with van der Waals surface area (Å²) in [6, 6.07) is 9.98. The summed E-state index contributed by atoms with van der Waals surface area (Å²) in [4.78, 5) is 14.1. The number of ether oxygens (including phenoxy) is 1. The fraction of sp³-hybridized carbons (Fsp3) is 0.588. The maximum Gasteiger partial charge on any atom is 0.237 e. The van der Waals surface area contributed by atoms with Gasteiger partial charge in [0.15, 0.2) is 0 Å². The number of nitrogens with zero attached hydrogens (tertiary/aromatic N) is 1. The van der Waals surface area contributed by atoms with Crippen molar-refractivity contribution in [2.45, 2.75) is 12.8 Å². The number of carbonyl (C=O) groups is 1. The van der Waals surface area contributed by atoms with Crippen molar-refractivity contribution in [3.05, 3.63) is 35.9 Å². The Morgan fingerprint density at radius 3 is 2.68 bits per heavy atom. The molecule has 0 aliphatic carbocycles. The summed E-state index contributed by atoms with van der Waals surface area (Å²) in [5, 5.41) is 0. The van der Waals surface area contributed by atoms with E-state index in [-0.39, 0.29) is 36.6 Å². The van der Waals surface area contributed by atoms with Gasteiger partial charge in [-0.05, 0) is 24.9 Å². The summed E-state index contributed by atoms with van der Waals surface area (Å²) in [5.41, 5.74) is 7.03. The van der Waals surface area contributed by atoms with Crippen LogP contribution < -0.4 is 10.5 Å². The van der Waals surface area contributed by atoms with E-state index in [2.05, 4.69) is 4.72 Å². The fourth-order valence-corrected chi connectivity index (χ4v) is 3.89. The van der Waals surface area contributed by atoms with Gasteiger partial charge in [-0.1, -0.05) is 30.3 Å². The van der Waals surface area contributed by atoms with Crippen LogP contribution in [0.25, 0.3) is 0 Å². The third-order valence-corrected chi connectivity index (χ3v) is 5.76. The minimum atomic E-state index is -3.51. The van der Waals surface area contributed by atoms with Crippen molar-refractivity contribution in [1.29, 1.82) is 0 Å². The molecule has 1 fully saturated rings. The van der Waals surface area contributed by atoms with Gasteiger partial charge in [0.25, 0.3) is 0 Å². The SMILES string of the molecule is CCOCCS(=O)(=O)NCC(=O)N1C[C@@H](CN)[C@H](c2ccccc2)C1. The van der Waals surface area contributed by atoms with Crippen LogP contribution in [0.15, 0.2) is 30.3 Å². The maximum absolute atomic E-state index is 12.4. The molecule has 25 heavy (non-hydrogen) atoms. The third-order valence-electron chi connectivity index (χ3n) is 4.47. The summed E-state index contributed by atoms with van der Waals surface area (Å²) in [5.74, 6) is -0.00545. The van der Waals surface area contributed by atoms with Crippen LogP contribution in [0.4, 0.5) is 0 Å². The van der Waals surface area contributed by atoms with E-state index in [9.17, 15) is 13.2 Å². The monoisotopic (exact) mass is 369 g/mol. The summed E-state index contributed by atoms with van der Waals surface area (Å²) in [6.45, 7) is 3.75. The molecular weight excluding hydrogens is 342 g/mol. The molecule has 0 radical (unpaired) electrons. The molecule has 7 nitrogen and oxygen atoms in total. The third kappa shape index (κ3) is 5.78. The molecule has 1 heterocycles. The van der Waals surface area contributed by atoms with Crippen LogP contribution >= 0.6 is 0 Å². The van der Waals surface area contributed by atoms with Gasteiger partial charge in [-0.3, -0.25) is 4.79 Å². The van der Waals surface area contributed by atoms with E-state index in [1.54, 1.807) is 11.8 Å². The molecule has 1 aromatic rings. The standard InChI is InChI=1S/C17H27N3O4S/c1-2-24-8-9-25(22,23)19-11-17(21)20-12-15(10-18)16(13-20)14-6-4-3-5-7-14/h3-7,15-16,19H,2,8-13,18H2,1H3/t15-,16+/m1/s1. The molecule has 0 spiro atoms. The molecule has 0 saturated carbocycles. The number of likely N-dealkylation sites (tertiary alicyclic amines) is 1. The van der Waals surface area contributed by atoms with Crippen LogP contribution in [-0.2, 0) is 19.6 Å². The Hall–Kier alpha value is -1.48. The zero-order chi connectivity index (χ0) is 18.3. The Labute approximate surface area is 149 Å². The Kier molecular flexibility index (Phi) is 7.37. The van der Waals surface area contributed by atoms with Crippen molar-refractivity contribution in [3.63, 3.8) is 0 Å². The van der Waals surface area contributed by atoms with Gasteiger partial charge in [-0.15, -0.1) is 0 Å². The number of nitrogens with one attached hydrogen (secondary N) is 1. The van der Waals surface area contributed by atoms with E-state index in [0.29, 0.717) is 26.2 Å². The molecule has 2 atom stereocenters. The average Bonchev–Trinajstić information content (AvgIpc) is 3.05. The molecule has 1 aliphatic heterocycles. The molecule has 1 amide bonds. The highest BCUT2D eigenvalue weighted by atomic mass is 32.2.